The van der Waals surface area contributed by atoms with Gasteiger partial charge in [0, 0.05) is 21.1 Å². The highest BCUT2D eigenvalue weighted by Crippen LogP contribution is 2.34. The first-order chi connectivity index (χ1) is 10.2. The van der Waals surface area contributed by atoms with Crippen LogP contribution in [0.15, 0.2) is 34.1 Å². The molecule has 1 heterocycles. The number of thiophene rings is 1. The molecule has 0 radical (unpaired) electrons. The average Bonchev–Trinajstić information content (AvgIpc) is 2.91. The van der Waals surface area contributed by atoms with E-state index in [9.17, 15) is 0 Å². The van der Waals surface area contributed by atoms with Gasteiger partial charge in [0.15, 0.2) is 11.5 Å². The molecule has 0 aliphatic heterocycles. The Labute approximate surface area is 136 Å². The van der Waals surface area contributed by atoms with Crippen LogP contribution < -0.4 is 14.8 Å². The van der Waals surface area contributed by atoms with Gasteiger partial charge >= 0.3 is 0 Å². The van der Waals surface area contributed by atoms with Crippen molar-refractivity contribution in [3.05, 3.63) is 39.0 Å². The Morgan fingerprint density at radius 2 is 2.14 bits per heavy atom. The topological polar surface area (TPSA) is 50.7 Å². The molecule has 1 unspecified atom stereocenters. The summed E-state index contributed by atoms with van der Waals surface area (Å²) in [4.78, 5) is 1.24. The minimum Gasteiger partial charge on any atom is -0.493 e. The minimum atomic E-state index is -0.0284. The highest BCUT2D eigenvalue weighted by molar-refractivity contribution is 9.10. The van der Waals surface area contributed by atoms with Crippen molar-refractivity contribution >= 4 is 33.0 Å². The zero-order chi connectivity index (χ0) is 15.2. The van der Waals surface area contributed by atoms with Gasteiger partial charge in [0.2, 0.25) is 0 Å². The summed E-state index contributed by atoms with van der Waals surface area (Å²) in [6.07, 6.45) is 0. The van der Waals surface area contributed by atoms with Crippen LogP contribution >= 0.6 is 27.3 Å². The van der Waals surface area contributed by atoms with Gasteiger partial charge in [-0.1, -0.05) is 0 Å². The van der Waals surface area contributed by atoms with Crippen LogP contribution in [0.5, 0.6) is 11.5 Å². The van der Waals surface area contributed by atoms with E-state index < -0.39 is 0 Å². The van der Waals surface area contributed by atoms with E-state index in [0.717, 1.165) is 10.2 Å². The Bertz CT molecular complexity index is 588. The third kappa shape index (κ3) is 4.12. The number of hydrogen-bond acceptors (Lipinski definition) is 5. The number of halogens is 1. The van der Waals surface area contributed by atoms with Gasteiger partial charge in [-0.15, -0.1) is 11.3 Å². The van der Waals surface area contributed by atoms with Crippen LogP contribution in [-0.4, -0.2) is 25.4 Å². The summed E-state index contributed by atoms with van der Waals surface area (Å²) >= 11 is 5.25. The number of anilines is 1. The lowest BCUT2D eigenvalue weighted by Crippen LogP contribution is -2.07. The highest BCUT2D eigenvalue weighted by atomic mass is 79.9. The summed E-state index contributed by atoms with van der Waals surface area (Å²) in [7, 11) is 1.60. The molecule has 0 aliphatic carbocycles. The number of benzene rings is 1. The monoisotopic (exact) mass is 371 g/mol. The molecule has 0 spiro atoms. The van der Waals surface area contributed by atoms with Gasteiger partial charge in [-0.05, 0) is 46.4 Å². The number of ether oxygens (including phenoxy) is 2. The van der Waals surface area contributed by atoms with Gasteiger partial charge in [-0.2, -0.15) is 0 Å². The van der Waals surface area contributed by atoms with E-state index in [-0.39, 0.29) is 19.3 Å². The molecule has 0 aliphatic rings. The number of nitrogens with one attached hydrogen (secondary N) is 1. The fraction of sp³-hybridized carbons (Fsp3) is 0.333. The molecule has 0 bridgehead atoms. The van der Waals surface area contributed by atoms with E-state index in [1.54, 1.807) is 18.4 Å². The van der Waals surface area contributed by atoms with Crippen LogP contribution in [0.3, 0.4) is 0 Å². The zero-order valence-electron chi connectivity index (χ0n) is 11.9. The molecule has 0 saturated carbocycles. The maximum atomic E-state index is 8.88. The third-order valence-corrected chi connectivity index (χ3v) is 4.99. The molecular formula is C15H18BrNO3S. The molecule has 1 aromatic heterocycles. The molecule has 0 amide bonds. The van der Waals surface area contributed by atoms with Gasteiger partial charge in [-0.25, -0.2) is 0 Å². The van der Waals surface area contributed by atoms with Crippen molar-refractivity contribution in [2.24, 2.45) is 0 Å². The van der Waals surface area contributed by atoms with E-state index in [0.29, 0.717) is 11.5 Å². The summed E-state index contributed by atoms with van der Waals surface area (Å²) < 4.78 is 11.9. The zero-order valence-corrected chi connectivity index (χ0v) is 14.3. The Morgan fingerprint density at radius 3 is 2.76 bits per heavy atom. The van der Waals surface area contributed by atoms with Crippen LogP contribution in [0.1, 0.15) is 17.8 Å². The minimum absolute atomic E-state index is 0.0284. The van der Waals surface area contributed by atoms with Gasteiger partial charge < -0.3 is 19.9 Å². The molecule has 4 nitrogen and oxygen atoms in total. The maximum Gasteiger partial charge on any atom is 0.163 e. The van der Waals surface area contributed by atoms with Crippen molar-refractivity contribution in [1.82, 2.24) is 0 Å². The molecule has 2 rings (SSSR count). The van der Waals surface area contributed by atoms with Crippen molar-refractivity contribution in [3.8, 4) is 11.5 Å². The molecule has 6 heteroatoms. The number of hydrogen-bond donors (Lipinski definition) is 2. The molecule has 1 atom stereocenters. The lowest BCUT2D eigenvalue weighted by Gasteiger charge is -2.17. The summed E-state index contributed by atoms with van der Waals surface area (Å²) in [6, 6.07) is 7.90. The molecular weight excluding hydrogens is 354 g/mol. The van der Waals surface area contributed by atoms with E-state index in [4.69, 9.17) is 14.6 Å². The first-order valence-corrected chi connectivity index (χ1v) is 8.24. The fourth-order valence-corrected chi connectivity index (χ4v) is 3.69. The number of rotatable bonds is 7. The number of methoxy groups -OCH3 is 1. The van der Waals surface area contributed by atoms with Gasteiger partial charge in [0.25, 0.3) is 0 Å². The van der Waals surface area contributed by atoms with Crippen molar-refractivity contribution in [1.29, 1.82) is 0 Å². The van der Waals surface area contributed by atoms with Gasteiger partial charge in [0.1, 0.15) is 6.61 Å². The summed E-state index contributed by atoms with van der Waals surface area (Å²) in [5, 5.41) is 14.4. The van der Waals surface area contributed by atoms with E-state index in [1.807, 2.05) is 24.3 Å². The smallest absolute Gasteiger partial charge is 0.163 e. The standard InChI is InChI=1S/C15H18BrNO3S/c1-10(15-12(16)5-8-21-15)17-11-3-4-13(19-2)14(9-11)20-7-6-18/h3-5,8-10,17-18H,6-7H2,1-2H3. The van der Waals surface area contributed by atoms with Crippen LogP contribution in [0.2, 0.25) is 0 Å². The van der Waals surface area contributed by atoms with Crippen molar-refractivity contribution in [3.63, 3.8) is 0 Å². The van der Waals surface area contributed by atoms with Crippen LogP contribution in [0, 0.1) is 0 Å². The molecule has 2 aromatic rings. The second-order valence-corrected chi connectivity index (χ2v) is 6.24. The molecule has 114 valence electrons. The molecule has 2 N–H and O–H groups in total. The lowest BCUT2D eigenvalue weighted by atomic mass is 10.2. The summed E-state index contributed by atoms with van der Waals surface area (Å²) in [5.74, 6) is 1.27. The van der Waals surface area contributed by atoms with E-state index in [1.165, 1.54) is 4.88 Å². The first kappa shape index (κ1) is 16.1. The first-order valence-electron chi connectivity index (χ1n) is 6.56. The normalized spacial score (nSPS) is 12.0. The Kier molecular flexibility index (Phi) is 5.90. The lowest BCUT2D eigenvalue weighted by molar-refractivity contribution is 0.196. The third-order valence-electron chi connectivity index (χ3n) is 2.93. The maximum absolute atomic E-state index is 8.88. The quantitative estimate of drug-likeness (QED) is 0.770. The number of aliphatic hydroxyl groups excluding tert-OH is 1. The predicted octanol–water partition coefficient (Wildman–Crippen LogP) is 4.06. The Hall–Kier alpha value is -1.24. The fourth-order valence-electron chi connectivity index (χ4n) is 1.96. The highest BCUT2D eigenvalue weighted by Gasteiger charge is 2.12. The summed E-state index contributed by atoms with van der Waals surface area (Å²) in [6.45, 7) is 2.32. The van der Waals surface area contributed by atoms with E-state index in [2.05, 4.69) is 33.6 Å². The molecule has 1 aromatic carbocycles. The largest absolute Gasteiger partial charge is 0.493 e. The van der Waals surface area contributed by atoms with Crippen molar-refractivity contribution in [2.45, 2.75) is 13.0 Å². The second-order valence-electron chi connectivity index (χ2n) is 4.44. The Balaban J connectivity index is 2.14. The van der Waals surface area contributed by atoms with Gasteiger partial charge in [-0.3, -0.25) is 0 Å². The SMILES string of the molecule is COc1ccc(NC(C)c2sccc2Br)cc1OCCO. The summed E-state index contributed by atoms with van der Waals surface area (Å²) in [5.41, 5.74) is 0.941. The van der Waals surface area contributed by atoms with Crippen molar-refractivity contribution < 1.29 is 14.6 Å². The molecule has 0 fully saturated rings. The van der Waals surface area contributed by atoms with Crippen LogP contribution in [0.25, 0.3) is 0 Å². The predicted molar refractivity (Wildman–Crippen MR) is 89.6 cm³/mol. The Morgan fingerprint density at radius 1 is 1.33 bits per heavy atom. The van der Waals surface area contributed by atoms with E-state index >= 15 is 0 Å². The second kappa shape index (κ2) is 7.68. The van der Waals surface area contributed by atoms with Crippen molar-refractivity contribution in [2.75, 3.05) is 25.6 Å². The molecule has 0 saturated heterocycles. The molecule has 21 heavy (non-hydrogen) atoms. The van der Waals surface area contributed by atoms with Crippen LogP contribution in [-0.2, 0) is 0 Å². The average molecular weight is 372 g/mol. The number of aliphatic hydroxyl groups is 1. The van der Waals surface area contributed by atoms with Crippen LogP contribution in [0.4, 0.5) is 5.69 Å². The van der Waals surface area contributed by atoms with Gasteiger partial charge in [0.05, 0.1) is 19.8 Å².